The van der Waals surface area contributed by atoms with Crippen LogP contribution in [-0.2, 0) is 6.54 Å². The summed E-state index contributed by atoms with van der Waals surface area (Å²) in [5.74, 6) is 0.445. The normalized spacial score (nSPS) is 16.6. The average Bonchev–Trinajstić information content (AvgIpc) is 3.16. The lowest BCUT2D eigenvalue weighted by Gasteiger charge is -2.34. The molecule has 2 amide bonds. The molecule has 0 radical (unpaired) electrons. The van der Waals surface area contributed by atoms with Crippen molar-refractivity contribution in [2.75, 3.05) is 32.7 Å². The van der Waals surface area contributed by atoms with E-state index in [1.54, 1.807) is 6.26 Å². The first kappa shape index (κ1) is 17.5. The van der Waals surface area contributed by atoms with Gasteiger partial charge in [0.25, 0.3) is 0 Å². The maximum absolute atomic E-state index is 12.3. The highest BCUT2D eigenvalue weighted by molar-refractivity contribution is 5.74. The molecule has 1 aromatic carbocycles. The van der Waals surface area contributed by atoms with Gasteiger partial charge in [0, 0.05) is 45.3 Å². The number of hydrogen-bond acceptors (Lipinski definition) is 4. The number of urea groups is 1. The Kier molecular flexibility index (Phi) is 6.06. The first-order valence-electron chi connectivity index (χ1n) is 8.91. The van der Waals surface area contributed by atoms with E-state index in [9.17, 15) is 4.79 Å². The molecule has 2 aromatic rings. The van der Waals surface area contributed by atoms with Gasteiger partial charge in [-0.3, -0.25) is 4.90 Å². The molecule has 6 nitrogen and oxygen atoms in total. The Bertz CT molecular complexity index is 637. The topological polar surface area (TPSA) is 61.6 Å². The summed E-state index contributed by atoms with van der Waals surface area (Å²) < 4.78 is 4.86. The lowest BCUT2D eigenvalue weighted by Crippen LogP contribution is -2.51. The molecule has 1 fully saturated rings. The summed E-state index contributed by atoms with van der Waals surface area (Å²) in [5, 5.41) is 6.99. The molecule has 0 unspecified atom stereocenters. The van der Waals surface area contributed by atoms with E-state index in [0.29, 0.717) is 12.5 Å². The number of carbonyl (C=O) groups is 1. The van der Waals surface area contributed by atoms with Crippen LogP contribution in [0.25, 0.3) is 0 Å². The second-order valence-electron chi connectivity index (χ2n) is 6.59. The van der Waals surface area contributed by atoms with Crippen molar-refractivity contribution in [3.05, 3.63) is 53.9 Å². The highest BCUT2D eigenvalue weighted by Crippen LogP contribution is 2.17. The van der Waals surface area contributed by atoms with Gasteiger partial charge in [-0.05, 0) is 17.9 Å². The molecule has 0 aliphatic carbocycles. The molecule has 0 bridgehead atoms. The molecule has 1 aromatic heterocycles. The van der Waals surface area contributed by atoms with Gasteiger partial charge in [-0.2, -0.15) is 0 Å². The minimum absolute atomic E-state index is 0.0429. The Balaban J connectivity index is 1.35. The minimum Gasteiger partial charge on any atom is -0.364 e. The summed E-state index contributed by atoms with van der Waals surface area (Å²) in [6, 6.07) is 12.3. The van der Waals surface area contributed by atoms with Crippen molar-refractivity contribution in [2.24, 2.45) is 0 Å². The van der Waals surface area contributed by atoms with Crippen LogP contribution in [0, 0.1) is 0 Å². The molecule has 1 aliphatic rings. The average molecular weight is 342 g/mol. The van der Waals surface area contributed by atoms with Gasteiger partial charge in [0.1, 0.15) is 6.26 Å². The fourth-order valence-electron chi connectivity index (χ4n) is 3.11. The van der Waals surface area contributed by atoms with Gasteiger partial charge < -0.3 is 14.7 Å². The van der Waals surface area contributed by atoms with Gasteiger partial charge in [-0.15, -0.1) is 0 Å². The lowest BCUT2D eigenvalue weighted by atomic mass is 9.98. The molecular weight excluding hydrogens is 316 g/mol. The zero-order valence-electron chi connectivity index (χ0n) is 14.7. The fourth-order valence-corrected chi connectivity index (χ4v) is 3.11. The molecule has 3 rings (SSSR count). The van der Waals surface area contributed by atoms with Crippen LogP contribution >= 0.6 is 0 Å². The summed E-state index contributed by atoms with van der Waals surface area (Å²) >= 11 is 0. The first-order chi connectivity index (χ1) is 12.2. The second-order valence-corrected chi connectivity index (χ2v) is 6.59. The van der Waals surface area contributed by atoms with E-state index < -0.39 is 0 Å². The number of aromatic nitrogens is 1. The van der Waals surface area contributed by atoms with Crippen LogP contribution in [-0.4, -0.2) is 53.7 Å². The van der Waals surface area contributed by atoms with E-state index in [1.807, 2.05) is 17.0 Å². The number of nitrogens with one attached hydrogen (secondary N) is 1. The van der Waals surface area contributed by atoms with Crippen LogP contribution in [0.5, 0.6) is 0 Å². The predicted octanol–water partition coefficient (Wildman–Crippen LogP) is 2.70. The van der Waals surface area contributed by atoms with Crippen LogP contribution < -0.4 is 5.32 Å². The number of amides is 2. The van der Waals surface area contributed by atoms with Crippen molar-refractivity contribution in [3.63, 3.8) is 0 Å². The maximum Gasteiger partial charge on any atom is 0.317 e. The van der Waals surface area contributed by atoms with E-state index in [-0.39, 0.29) is 6.03 Å². The standard InChI is InChI=1S/C19H26N4O2/c1-16(17-5-3-2-4-6-17)7-9-20-19(24)23-12-10-22(11-13-23)15-18-8-14-25-21-18/h2-6,8,14,16H,7,9-13,15H2,1H3,(H,20,24)/t16-/m1/s1. The molecule has 1 N–H and O–H groups in total. The Morgan fingerprint density at radius 2 is 1.96 bits per heavy atom. The molecule has 2 heterocycles. The molecule has 0 saturated carbocycles. The van der Waals surface area contributed by atoms with E-state index >= 15 is 0 Å². The largest absolute Gasteiger partial charge is 0.364 e. The second kappa shape index (κ2) is 8.67. The van der Waals surface area contributed by atoms with Gasteiger partial charge in [-0.1, -0.05) is 42.4 Å². The molecule has 1 atom stereocenters. The van der Waals surface area contributed by atoms with E-state index in [2.05, 4.69) is 46.6 Å². The molecular formula is C19H26N4O2. The zero-order chi connectivity index (χ0) is 17.5. The summed E-state index contributed by atoms with van der Waals surface area (Å²) in [6.07, 6.45) is 2.54. The maximum atomic E-state index is 12.3. The smallest absolute Gasteiger partial charge is 0.317 e. The summed E-state index contributed by atoms with van der Waals surface area (Å²) in [6.45, 7) is 6.90. The third-order valence-electron chi connectivity index (χ3n) is 4.76. The van der Waals surface area contributed by atoms with Crippen molar-refractivity contribution in [3.8, 4) is 0 Å². The highest BCUT2D eigenvalue weighted by atomic mass is 16.5. The third kappa shape index (κ3) is 5.06. The van der Waals surface area contributed by atoms with Crippen LogP contribution in [0.15, 0.2) is 47.2 Å². The summed E-state index contributed by atoms with van der Waals surface area (Å²) in [7, 11) is 0. The SMILES string of the molecule is C[C@H](CCNC(=O)N1CCN(Cc2ccon2)CC1)c1ccccc1. The van der Waals surface area contributed by atoms with Crippen molar-refractivity contribution in [1.82, 2.24) is 20.3 Å². The number of rotatable bonds is 6. The van der Waals surface area contributed by atoms with Crippen LogP contribution in [0.3, 0.4) is 0 Å². The highest BCUT2D eigenvalue weighted by Gasteiger charge is 2.21. The van der Waals surface area contributed by atoms with Crippen molar-refractivity contribution in [1.29, 1.82) is 0 Å². The monoisotopic (exact) mass is 342 g/mol. The van der Waals surface area contributed by atoms with E-state index in [0.717, 1.165) is 44.8 Å². The number of benzene rings is 1. The lowest BCUT2D eigenvalue weighted by molar-refractivity contribution is 0.133. The minimum atomic E-state index is 0.0429. The Morgan fingerprint density at radius 3 is 2.64 bits per heavy atom. The van der Waals surface area contributed by atoms with Crippen LogP contribution in [0.1, 0.15) is 30.5 Å². The molecule has 1 saturated heterocycles. The van der Waals surface area contributed by atoms with Gasteiger partial charge >= 0.3 is 6.03 Å². The Labute approximate surface area is 148 Å². The third-order valence-corrected chi connectivity index (χ3v) is 4.76. The summed E-state index contributed by atoms with van der Waals surface area (Å²) in [4.78, 5) is 16.5. The van der Waals surface area contributed by atoms with Gasteiger partial charge in [0.2, 0.25) is 0 Å². The van der Waals surface area contributed by atoms with Gasteiger partial charge in [0.05, 0.1) is 5.69 Å². The quantitative estimate of drug-likeness (QED) is 0.877. The molecule has 25 heavy (non-hydrogen) atoms. The summed E-state index contributed by atoms with van der Waals surface area (Å²) in [5.41, 5.74) is 2.26. The first-order valence-corrected chi connectivity index (χ1v) is 8.91. The molecule has 134 valence electrons. The van der Waals surface area contributed by atoms with Crippen molar-refractivity contribution >= 4 is 6.03 Å². The zero-order valence-corrected chi connectivity index (χ0v) is 14.7. The van der Waals surface area contributed by atoms with E-state index in [1.165, 1.54) is 5.56 Å². The molecule has 1 aliphatic heterocycles. The predicted molar refractivity (Wildman–Crippen MR) is 96.2 cm³/mol. The van der Waals surface area contributed by atoms with Gasteiger partial charge in [-0.25, -0.2) is 4.79 Å². The van der Waals surface area contributed by atoms with Crippen LogP contribution in [0.2, 0.25) is 0 Å². The number of hydrogen-bond donors (Lipinski definition) is 1. The van der Waals surface area contributed by atoms with Crippen LogP contribution in [0.4, 0.5) is 4.79 Å². The van der Waals surface area contributed by atoms with Gasteiger partial charge in [0.15, 0.2) is 0 Å². The number of carbonyl (C=O) groups excluding carboxylic acids is 1. The molecule has 6 heteroatoms. The van der Waals surface area contributed by atoms with E-state index in [4.69, 9.17) is 4.52 Å². The van der Waals surface area contributed by atoms with Crippen molar-refractivity contribution in [2.45, 2.75) is 25.8 Å². The fraction of sp³-hybridized carbons (Fsp3) is 0.474. The molecule has 0 spiro atoms. The Hall–Kier alpha value is -2.34. The number of piperazine rings is 1. The number of nitrogens with zero attached hydrogens (tertiary/aromatic N) is 3. The Morgan fingerprint density at radius 1 is 1.20 bits per heavy atom. The van der Waals surface area contributed by atoms with Crippen molar-refractivity contribution < 1.29 is 9.32 Å².